The summed E-state index contributed by atoms with van der Waals surface area (Å²) in [6, 6.07) is 7.90. The lowest BCUT2D eigenvalue weighted by molar-refractivity contribution is 0.202. The highest BCUT2D eigenvalue weighted by atomic mass is 16.3. The summed E-state index contributed by atoms with van der Waals surface area (Å²) >= 11 is 0. The van der Waals surface area contributed by atoms with Crippen molar-refractivity contribution in [2.75, 3.05) is 12.3 Å². The maximum Gasteiger partial charge on any atom is 0.135 e. The molecule has 1 aromatic carbocycles. The molecule has 3 aromatic heterocycles. The first kappa shape index (κ1) is 15.6. The van der Waals surface area contributed by atoms with Gasteiger partial charge in [-0.3, -0.25) is 9.78 Å². The molecule has 3 heterocycles. The molecule has 0 fully saturated rings. The van der Waals surface area contributed by atoms with Gasteiger partial charge in [0.05, 0.1) is 22.1 Å². The molecular weight excluding hydrogens is 316 g/mol. The van der Waals surface area contributed by atoms with Crippen LogP contribution in [0.5, 0.6) is 0 Å². The van der Waals surface area contributed by atoms with Crippen LogP contribution >= 0.6 is 0 Å². The fourth-order valence-electron chi connectivity index (χ4n) is 3.05. The lowest BCUT2D eigenvalue weighted by atomic mass is 10.0. The molecule has 0 aliphatic heterocycles. The number of nitrogen functional groups attached to an aromatic ring is 1. The Morgan fingerprint density at radius 3 is 2.80 bits per heavy atom. The summed E-state index contributed by atoms with van der Waals surface area (Å²) in [5, 5.41) is 22.8. The predicted octanol–water partition coefficient (Wildman–Crippen LogP) is 2.67. The molecule has 0 spiro atoms. The summed E-state index contributed by atoms with van der Waals surface area (Å²) in [4.78, 5) is 4.55. The first-order chi connectivity index (χ1) is 12.0. The molecule has 4 aromatic rings. The quantitative estimate of drug-likeness (QED) is 0.531. The summed E-state index contributed by atoms with van der Waals surface area (Å²) in [6.45, 7) is 4.18. The van der Waals surface area contributed by atoms with Crippen molar-refractivity contribution in [3.05, 3.63) is 36.7 Å². The van der Waals surface area contributed by atoms with Crippen LogP contribution in [0.3, 0.4) is 0 Å². The standard InChI is InChI=1S/C18H20N6O/c1-18(2,6-8-25)24-10-13-16(23-24)12-4-3-11(14-5-7-20-22-14)9-15(12)21-17(13)19/h3-5,7,9-10,25H,6,8H2,1-2H3,(H2,19,21)(H,20,22). The van der Waals surface area contributed by atoms with E-state index < -0.39 is 0 Å². The molecule has 128 valence electrons. The predicted molar refractivity (Wildman–Crippen MR) is 98.1 cm³/mol. The number of nitrogens with two attached hydrogens (primary N) is 1. The van der Waals surface area contributed by atoms with Crippen molar-refractivity contribution in [1.29, 1.82) is 0 Å². The van der Waals surface area contributed by atoms with Gasteiger partial charge in [-0.05, 0) is 38.5 Å². The van der Waals surface area contributed by atoms with E-state index in [2.05, 4.69) is 15.2 Å². The van der Waals surface area contributed by atoms with Crippen LogP contribution in [0.1, 0.15) is 20.3 Å². The van der Waals surface area contributed by atoms with Crippen molar-refractivity contribution in [1.82, 2.24) is 25.0 Å². The van der Waals surface area contributed by atoms with Crippen LogP contribution < -0.4 is 5.73 Å². The van der Waals surface area contributed by atoms with Gasteiger partial charge < -0.3 is 10.8 Å². The number of fused-ring (bicyclic) bond motifs is 3. The Hall–Kier alpha value is -2.93. The second kappa shape index (κ2) is 5.56. The number of nitrogens with one attached hydrogen (secondary N) is 1. The van der Waals surface area contributed by atoms with E-state index in [0.717, 1.165) is 33.1 Å². The number of aliphatic hydroxyl groups is 1. The molecule has 0 aliphatic rings. The van der Waals surface area contributed by atoms with E-state index in [1.165, 1.54) is 0 Å². The van der Waals surface area contributed by atoms with Gasteiger partial charge in [0.1, 0.15) is 11.3 Å². The van der Waals surface area contributed by atoms with Gasteiger partial charge in [-0.25, -0.2) is 4.98 Å². The van der Waals surface area contributed by atoms with E-state index in [9.17, 15) is 5.11 Å². The van der Waals surface area contributed by atoms with E-state index >= 15 is 0 Å². The molecule has 4 rings (SSSR count). The third kappa shape index (κ3) is 2.53. The molecule has 0 atom stereocenters. The number of H-pyrrole nitrogens is 1. The van der Waals surface area contributed by atoms with Gasteiger partial charge in [-0.1, -0.05) is 6.07 Å². The Kier molecular flexibility index (Phi) is 3.47. The second-order valence-electron chi connectivity index (χ2n) is 6.81. The van der Waals surface area contributed by atoms with Crippen molar-refractivity contribution < 1.29 is 5.11 Å². The third-order valence-electron chi connectivity index (χ3n) is 4.62. The van der Waals surface area contributed by atoms with E-state index in [0.29, 0.717) is 12.2 Å². The van der Waals surface area contributed by atoms with Gasteiger partial charge in [0, 0.05) is 30.0 Å². The minimum absolute atomic E-state index is 0.102. The summed E-state index contributed by atoms with van der Waals surface area (Å²) in [7, 11) is 0. The molecule has 0 bridgehead atoms. The average molecular weight is 336 g/mol. The number of nitrogens with zero attached hydrogens (tertiary/aromatic N) is 4. The second-order valence-corrected chi connectivity index (χ2v) is 6.81. The number of pyridine rings is 1. The number of rotatable bonds is 4. The Morgan fingerprint density at radius 1 is 1.24 bits per heavy atom. The highest BCUT2D eigenvalue weighted by Crippen LogP contribution is 2.31. The smallest absolute Gasteiger partial charge is 0.135 e. The van der Waals surface area contributed by atoms with Gasteiger partial charge in [-0.2, -0.15) is 10.2 Å². The lowest BCUT2D eigenvalue weighted by Crippen LogP contribution is -2.27. The van der Waals surface area contributed by atoms with E-state index in [1.807, 2.05) is 49.0 Å². The molecule has 4 N–H and O–H groups in total. The van der Waals surface area contributed by atoms with Crippen LogP contribution in [-0.4, -0.2) is 36.7 Å². The van der Waals surface area contributed by atoms with E-state index in [-0.39, 0.29) is 12.1 Å². The van der Waals surface area contributed by atoms with Gasteiger partial charge in [0.25, 0.3) is 0 Å². The van der Waals surface area contributed by atoms with E-state index in [4.69, 9.17) is 10.8 Å². The van der Waals surface area contributed by atoms with Crippen molar-refractivity contribution >= 4 is 27.6 Å². The van der Waals surface area contributed by atoms with Crippen LogP contribution in [0, 0.1) is 0 Å². The molecule has 0 saturated heterocycles. The zero-order chi connectivity index (χ0) is 17.6. The Morgan fingerprint density at radius 2 is 2.08 bits per heavy atom. The van der Waals surface area contributed by atoms with E-state index in [1.54, 1.807) is 6.20 Å². The SMILES string of the molecule is CC(C)(CCO)n1cc2c(N)nc3cc(-c4cc[nH]n4)ccc3c2n1. The zero-order valence-electron chi connectivity index (χ0n) is 14.2. The van der Waals surface area contributed by atoms with Gasteiger partial charge in [0.15, 0.2) is 0 Å². The van der Waals surface area contributed by atoms with Crippen molar-refractivity contribution in [3.63, 3.8) is 0 Å². The molecule has 0 unspecified atom stereocenters. The van der Waals surface area contributed by atoms with Gasteiger partial charge >= 0.3 is 0 Å². The number of aromatic nitrogens is 5. The lowest BCUT2D eigenvalue weighted by Gasteiger charge is -2.24. The fourth-order valence-corrected chi connectivity index (χ4v) is 3.05. The maximum absolute atomic E-state index is 9.30. The highest BCUT2D eigenvalue weighted by Gasteiger charge is 2.22. The minimum atomic E-state index is -0.304. The average Bonchev–Trinajstić information content (AvgIpc) is 3.25. The number of aliphatic hydroxyl groups excluding tert-OH is 1. The van der Waals surface area contributed by atoms with Crippen LogP contribution in [0.2, 0.25) is 0 Å². The third-order valence-corrected chi connectivity index (χ3v) is 4.62. The normalized spacial score (nSPS) is 12.3. The molecule has 0 saturated carbocycles. The number of aromatic amines is 1. The van der Waals surface area contributed by atoms with Crippen LogP contribution in [0.15, 0.2) is 36.7 Å². The summed E-state index contributed by atoms with van der Waals surface area (Å²) in [6.07, 6.45) is 4.30. The minimum Gasteiger partial charge on any atom is -0.396 e. The van der Waals surface area contributed by atoms with Crippen molar-refractivity contribution in [3.8, 4) is 11.3 Å². The fraction of sp³-hybridized carbons (Fsp3) is 0.278. The molecule has 7 nitrogen and oxygen atoms in total. The first-order valence-electron chi connectivity index (χ1n) is 8.20. The Labute approximate surface area is 144 Å². The summed E-state index contributed by atoms with van der Waals surface area (Å²) in [5.41, 5.74) is 9.32. The number of hydrogen-bond acceptors (Lipinski definition) is 5. The maximum atomic E-state index is 9.30. The molecule has 0 radical (unpaired) electrons. The Balaban J connectivity index is 1.92. The molecular formula is C18H20N6O. The topological polar surface area (TPSA) is 106 Å². The van der Waals surface area contributed by atoms with Crippen molar-refractivity contribution in [2.45, 2.75) is 25.8 Å². The number of hydrogen-bond donors (Lipinski definition) is 3. The molecule has 25 heavy (non-hydrogen) atoms. The molecule has 0 amide bonds. The van der Waals surface area contributed by atoms with Crippen LogP contribution in [0.4, 0.5) is 5.82 Å². The monoisotopic (exact) mass is 336 g/mol. The largest absolute Gasteiger partial charge is 0.396 e. The van der Waals surface area contributed by atoms with Crippen molar-refractivity contribution in [2.24, 2.45) is 0 Å². The number of benzene rings is 1. The van der Waals surface area contributed by atoms with Gasteiger partial charge in [0.2, 0.25) is 0 Å². The number of anilines is 1. The van der Waals surface area contributed by atoms with Crippen LogP contribution in [0.25, 0.3) is 33.1 Å². The molecule has 7 heteroatoms. The van der Waals surface area contributed by atoms with Crippen LogP contribution in [-0.2, 0) is 5.54 Å². The first-order valence-corrected chi connectivity index (χ1v) is 8.20. The highest BCUT2D eigenvalue weighted by molar-refractivity contribution is 6.08. The zero-order valence-corrected chi connectivity index (χ0v) is 14.2. The molecule has 0 aliphatic carbocycles. The summed E-state index contributed by atoms with van der Waals surface area (Å²) in [5.74, 6) is 0.452. The Bertz CT molecular complexity index is 1050. The van der Waals surface area contributed by atoms with Gasteiger partial charge in [-0.15, -0.1) is 0 Å². The summed E-state index contributed by atoms with van der Waals surface area (Å²) < 4.78 is 1.87.